The van der Waals surface area contributed by atoms with Crippen molar-refractivity contribution in [1.29, 1.82) is 0 Å². The molecule has 0 atom stereocenters. The van der Waals surface area contributed by atoms with E-state index in [4.69, 9.17) is 5.11 Å². The van der Waals surface area contributed by atoms with Crippen LogP contribution in [0.5, 0.6) is 0 Å². The van der Waals surface area contributed by atoms with Gasteiger partial charge in [0.05, 0.1) is 0 Å². The van der Waals surface area contributed by atoms with Crippen molar-refractivity contribution >= 4 is 12.0 Å². The van der Waals surface area contributed by atoms with Crippen molar-refractivity contribution in [2.24, 2.45) is 5.41 Å². The van der Waals surface area contributed by atoms with Gasteiger partial charge in [-0.3, -0.25) is 4.79 Å². The summed E-state index contributed by atoms with van der Waals surface area (Å²) in [6.07, 6.45) is 7.38. The number of carboxylic acids is 1. The third-order valence-electron chi connectivity index (χ3n) is 5.09. The Labute approximate surface area is 127 Å². The number of aliphatic carboxylic acids is 1. The Balaban J connectivity index is 2.00. The van der Waals surface area contributed by atoms with E-state index in [2.05, 4.69) is 0 Å². The molecular weight excluding hydrogens is 268 g/mol. The molecule has 1 heterocycles. The molecule has 0 radical (unpaired) electrons. The smallest absolute Gasteiger partial charge is 0.323 e. The van der Waals surface area contributed by atoms with Crippen LogP contribution < -0.4 is 0 Å². The number of piperidine rings is 1. The lowest BCUT2D eigenvalue weighted by atomic mass is 9.77. The Kier molecular flexibility index (Phi) is 4.49. The van der Waals surface area contributed by atoms with Gasteiger partial charge in [0.2, 0.25) is 0 Å². The van der Waals surface area contributed by atoms with Gasteiger partial charge >= 0.3 is 12.0 Å². The predicted molar refractivity (Wildman–Crippen MR) is 81.2 cm³/mol. The molecule has 2 fully saturated rings. The van der Waals surface area contributed by atoms with Crippen LogP contribution in [0.25, 0.3) is 0 Å². The minimum Gasteiger partial charge on any atom is -0.480 e. The monoisotopic (exact) mass is 296 g/mol. The number of likely N-dealkylation sites (tertiary alicyclic amines) is 1. The molecule has 1 aliphatic heterocycles. The number of nitrogens with zero attached hydrogens (tertiary/aromatic N) is 2. The zero-order chi connectivity index (χ0) is 15.7. The summed E-state index contributed by atoms with van der Waals surface area (Å²) in [6.45, 7) is 6.96. The highest BCUT2D eigenvalue weighted by molar-refractivity contribution is 5.81. The maximum absolute atomic E-state index is 12.7. The molecule has 2 amide bonds. The van der Waals surface area contributed by atoms with Crippen molar-refractivity contribution < 1.29 is 14.7 Å². The van der Waals surface area contributed by atoms with E-state index in [0.717, 1.165) is 25.9 Å². The number of hydrogen-bond acceptors (Lipinski definition) is 2. The number of carboxylic acid groups (broad SMARTS) is 1. The van der Waals surface area contributed by atoms with Crippen LogP contribution in [-0.4, -0.2) is 52.1 Å². The predicted octanol–water partition coefficient (Wildman–Crippen LogP) is 2.95. The number of carbonyl (C=O) groups excluding carboxylic acids is 1. The van der Waals surface area contributed by atoms with Crippen LogP contribution in [0, 0.1) is 5.41 Å². The normalized spacial score (nSPS) is 21.6. The third kappa shape index (κ3) is 3.69. The van der Waals surface area contributed by atoms with Gasteiger partial charge in [-0.1, -0.05) is 12.8 Å². The van der Waals surface area contributed by atoms with Crippen LogP contribution in [0.15, 0.2) is 0 Å². The minimum absolute atomic E-state index is 0.127. The van der Waals surface area contributed by atoms with E-state index in [1.807, 2.05) is 25.7 Å². The van der Waals surface area contributed by atoms with Crippen molar-refractivity contribution in [3.8, 4) is 0 Å². The summed E-state index contributed by atoms with van der Waals surface area (Å²) in [6, 6.07) is -0.127. The molecule has 0 aromatic carbocycles. The standard InChI is InChI=1S/C16H28N2O3/c1-15(2,3)18(12-13(19)20)14(21)17-10-8-16(9-11-17)6-4-5-7-16/h4-12H2,1-3H3,(H,19,20). The third-order valence-corrected chi connectivity index (χ3v) is 5.09. The first kappa shape index (κ1) is 16.1. The zero-order valence-electron chi connectivity index (χ0n) is 13.5. The second-order valence-corrected chi connectivity index (χ2v) is 7.63. The van der Waals surface area contributed by atoms with Crippen molar-refractivity contribution in [2.75, 3.05) is 19.6 Å². The van der Waals surface area contributed by atoms with Crippen molar-refractivity contribution in [3.05, 3.63) is 0 Å². The van der Waals surface area contributed by atoms with E-state index in [9.17, 15) is 9.59 Å². The highest BCUT2D eigenvalue weighted by Crippen LogP contribution is 2.46. The van der Waals surface area contributed by atoms with E-state index in [1.165, 1.54) is 30.6 Å². The van der Waals surface area contributed by atoms with Gasteiger partial charge in [0.25, 0.3) is 0 Å². The highest BCUT2D eigenvalue weighted by Gasteiger charge is 2.40. The van der Waals surface area contributed by atoms with Crippen LogP contribution in [0.1, 0.15) is 59.3 Å². The van der Waals surface area contributed by atoms with Crippen LogP contribution >= 0.6 is 0 Å². The van der Waals surface area contributed by atoms with Gasteiger partial charge in [0.1, 0.15) is 6.54 Å². The fourth-order valence-electron chi connectivity index (χ4n) is 3.70. The zero-order valence-corrected chi connectivity index (χ0v) is 13.5. The summed E-state index contributed by atoms with van der Waals surface area (Å²) in [7, 11) is 0. The van der Waals surface area contributed by atoms with Crippen LogP contribution in [0.3, 0.4) is 0 Å². The number of rotatable bonds is 2. The average Bonchev–Trinajstić information content (AvgIpc) is 2.83. The molecule has 1 saturated carbocycles. The van der Waals surface area contributed by atoms with Crippen molar-refractivity contribution in [1.82, 2.24) is 9.80 Å². The lowest BCUT2D eigenvalue weighted by molar-refractivity contribution is -0.138. The topological polar surface area (TPSA) is 60.9 Å². The Hall–Kier alpha value is -1.26. The van der Waals surface area contributed by atoms with Gasteiger partial charge in [-0.05, 0) is 51.9 Å². The summed E-state index contributed by atoms with van der Waals surface area (Å²) in [5.41, 5.74) is -0.00585. The quantitative estimate of drug-likeness (QED) is 0.852. The van der Waals surface area contributed by atoms with Gasteiger partial charge in [-0.15, -0.1) is 0 Å². The molecule has 1 aliphatic carbocycles. The molecule has 0 bridgehead atoms. The van der Waals surface area contributed by atoms with E-state index in [0.29, 0.717) is 5.41 Å². The molecule has 120 valence electrons. The Morgan fingerprint density at radius 1 is 1.10 bits per heavy atom. The van der Waals surface area contributed by atoms with E-state index in [1.54, 1.807) is 0 Å². The first-order valence-corrected chi connectivity index (χ1v) is 8.02. The van der Waals surface area contributed by atoms with Gasteiger partial charge < -0.3 is 14.9 Å². The Bertz CT molecular complexity index is 398. The summed E-state index contributed by atoms with van der Waals surface area (Å²) < 4.78 is 0. The summed E-state index contributed by atoms with van der Waals surface area (Å²) in [4.78, 5) is 27.0. The summed E-state index contributed by atoms with van der Waals surface area (Å²) >= 11 is 0. The molecule has 1 saturated heterocycles. The van der Waals surface area contributed by atoms with Gasteiger partial charge in [-0.25, -0.2) is 4.79 Å². The van der Waals surface area contributed by atoms with Gasteiger partial charge in [-0.2, -0.15) is 0 Å². The van der Waals surface area contributed by atoms with Crippen LogP contribution in [0.4, 0.5) is 4.79 Å². The molecular formula is C16H28N2O3. The fraction of sp³-hybridized carbons (Fsp3) is 0.875. The molecule has 2 aliphatic rings. The van der Waals surface area contributed by atoms with Crippen LogP contribution in [0.2, 0.25) is 0 Å². The first-order chi connectivity index (χ1) is 9.73. The molecule has 0 aromatic rings. The molecule has 5 heteroatoms. The number of amides is 2. The largest absolute Gasteiger partial charge is 0.480 e. The molecule has 2 rings (SSSR count). The maximum Gasteiger partial charge on any atom is 0.323 e. The number of carbonyl (C=O) groups is 2. The molecule has 1 N–H and O–H groups in total. The van der Waals surface area contributed by atoms with E-state index >= 15 is 0 Å². The number of urea groups is 1. The van der Waals surface area contributed by atoms with Gasteiger partial charge in [0, 0.05) is 18.6 Å². The fourth-order valence-corrected chi connectivity index (χ4v) is 3.70. The summed E-state index contributed by atoms with van der Waals surface area (Å²) in [5, 5.41) is 9.05. The molecule has 0 unspecified atom stereocenters. The lowest BCUT2D eigenvalue weighted by Crippen LogP contribution is -2.55. The molecule has 21 heavy (non-hydrogen) atoms. The number of hydrogen-bond donors (Lipinski definition) is 1. The van der Waals surface area contributed by atoms with Crippen molar-refractivity contribution in [2.45, 2.75) is 64.8 Å². The Morgan fingerprint density at radius 2 is 1.62 bits per heavy atom. The SMILES string of the molecule is CC(C)(C)N(CC(=O)O)C(=O)N1CCC2(CCCC2)CC1. The molecule has 1 spiro atoms. The van der Waals surface area contributed by atoms with E-state index < -0.39 is 11.5 Å². The molecule has 0 aromatic heterocycles. The first-order valence-electron chi connectivity index (χ1n) is 8.02. The highest BCUT2D eigenvalue weighted by atomic mass is 16.4. The van der Waals surface area contributed by atoms with E-state index in [-0.39, 0.29) is 12.6 Å². The maximum atomic E-state index is 12.7. The van der Waals surface area contributed by atoms with Crippen molar-refractivity contribution in [3.63, 3.8) is 0 Å². The average molecular weight is 296 g/mol. The molecule has 5 nitrogen and oxygen atoms in total. The summed E-state index contributed by atoms with van der Waals surface area (Å²) in [5.74, 6) is -0.956. The van der Waals surface area contributed by atoms with Crippen LogP contribution in [-0.2, 0) is 4.79 Å². The Morgan fingerprint density at radius 3 is 2.05 bits per heavy atom. The minimum atomic E-state index is -0.956. The second-order valence-electron chi connectivity index (χ2n) is 7.63. The second kappa shape index (κ2) is 5.85. The van der Waals surface area contributed by atoms with Gasteiger partial charge in [0.15, 0.2) is 0 Å². The lowest BCUT2D eigenvalue weighted by Gasteiger charge is -2.43.